The Bertz CT molecular complexity index is 397. The largest absolute Gasteiger partial charge is 0.496 e. The first-order valence-electron chi connectivity index (χ1n) is 4.94. The second-order valence-electron chi connectivity index (χ2n) is 4.13. The van der Waals surface area contributed by atoms with Crippen molar-refractivity contribution in [1.29, 1.82) is 0 Å². The lowest BCUT2D eigenvalue weighted by molar-refractivity contribution is 0.385. The van der Waals surface area contributed by atoms with Crippen molar-refractivity contribution in [3.8, 4) is 11.5 Å². The zero-order valence-electron chi connectivity index (χ0n) is 10.0. The average Bonchev–Trinajstić information content (AvgIpc) is 2.25. The normalized spacial score (nSPS) is 11.1. The number of ether oxygens (including phenoxy) is 2. The monoisotopic (exact) mass is 239 g/mol. The summed E-state index contributed by atoms with van der Waals surface area (Å²) in [5.41, 5.74) is 7.31. The molecular formula is C12H17NO2S. The molecule has 88 valence electrons. The van der Waals surface area contributed by atoms with Crippen LogP contribution in [0.2, 0.25) is 0 Å². The van der Waals surface area contributed by atoms with Crippen molar-refractivity contribution >= 4 is 17.6 Å². The van der Waals surface area contributed by atoms with Crippen molar-refractivity contribution in [2.45, 2.75) is 19.4 Å². The summed E-state index contributed by atoms with van der Waals surface area (Å²) in [5.74, 6) is 1.44. The minimum Gasteiger partial charge on any atom is -0.496 e. The predicted molar refractivity (Wildman–Crippen MR) is 69.5 cm³/mol. The second-order valence-corrected chi connectivity index (χ2v) is 4.37. The summed E-state index contributed by atoms with van der Waals surface area (Å²) in [6, 6.07) is 3.72. The van der Waals surface area contributed by atoms with Crippen molar-refractivity contribution in [3.05, 3.63) is 23.3 Å². The quantitative estimate of drug-likeness (QED) is 0.818. The van der Waals surface area contributed by atoms with Crippen LogP contribution in [0.5, 0.6) is 11.5 Å². The summed E-state index contributed by atoms with van der Waals surface area (Å²) in [6.45, 7) is 3.84. The van der Waals surface area contributed by atoms with Gasteiger partial charge in [0.05, 0.1) is 14.2 Å². The highest BCUT2D eigenvalue weighted by Gasteiger charge is 2.21. The molecule has 0 spiro atoms. The number of benzene rings is 1. The third kappa shape index (κ3) is 2.51. The van der Waals surface area contributed by atoms with E-state index in [9.17, 15) is 0 Å². The molecule has 0 unspecified atom stereocenters. The van der Waals surface area contributed by atoms with Gasteiger partial charge in [0.1, 0.15) is 11.5 Å². The summed E-state index contributed by atoms with van der Waals surface area (Å²) in [7, 11) is 3.22. The molecule has 1 rings (SSSR count). The van der Waals surface area contributed by atoms with Gasteiger partial charge in [0, 0.05) is 22.0 Å². The van der Waals surface area contributed by atoms with Gasteiger partial charge in [-0.1, -0.05) is 12.2 Å². The molecule has 2 N–H and O–H groups in total. The van der Waals surface area contributed by atoms with E-state index in [1.807, 2.05) is 26.0 Å². The third-order valence-electron chi connectivity index (χ3n) is 2.37. The maximum Gasteiger partial charge on any atom is 0.127 e. The van der Waals surface area contributed by atoms with Gasteiger partial charge in [-0.2, -0.15) is 0 Å². The van der Waals surface area contributed by atoms with Gasteiger partial charge >= 0.3 is 0 Å². The van der Waals surface area contributed by atoms with Gasteiger partial charge in [-0.15, -0.1) is 0 Å². The summed E-state index contributed by atoms with van der Waals surface area (Å²) >= 11 is 4.92. The molecule has 0 aliphatic carbocycles. The first-order valence-corrected chi connectivity index (χ1v) is 5.41. The summed E-state index contributed by atoms with van der Waals surface area (Å²) in [6.07, 6.45) is 0. The number of thiocarbonyl (C=S) groups is 1. The molecule has 4 heteroatoms. The van der Waals surface area contributed by atoms with Crippen molar-refractivity contribution in [2.24, 2.45) is 5.73 Å². The Morgan fingerprint density at radius 1 is 1.19 bits per heavy atom. The minimum atomic E-state index is -0.487. The molecule has 0 radical (unpaired) electrons. The van der Waals surface area contributed by atoms with E-state index in [1.54, 1.807) is 19.6 Å². The van der Waals surface area contributed by atoms with E-state index in [4.69, 9.17) is 27.4 Å². The summed E-state index contributed by atoms with van der Waals surface area (Å²) in [5, 5.41) is 1.56. The van der Waals surface area contributed by atoms with Gasteiger partial charge in [-0.05, 0) is 26.0 Å². The molecule has 0 saturated carbocycles. The van der Waals surface area contributed by atoms with Crippen molar-refractivity contribution in [1.82, 2.24) is 0 Å². The topological polar surface area (TPSA) is 44.5 Å². The van der Waals surface area contributed by atoms with Gasteiger partial charge < -0.3 is 15.2 Å². The van der Waals surface area contributed by atoms with Crippen molar-refractivity contribution < 1.29 is 9.47 Å². The van der Waals surface area contributed by atoms with Crippen molar-refractivity contribution in [3.63, 3.8) is 0 Å². The van der Waals surface area contributed by atoms with Crippen LogP contribution in [0.25, 0.3) is 0 Å². The van der Waals surface area contributed by atoms with E-state index in [-0.39, 0.29) is 0 Å². The van der Waals surface area contributed by atoms with Gasteiger partial charge in [0.25, 0.3) is 0 Å². The molecule has 0 amide bonds. The fourth-order valence-electron chi connectivity index (χ4n) is 1.52. The van der Waals surface area contributed by atoms with E-state index in [1.165, 1.54) is 0 Å². The van der Waals surface area contributed by atoms with Crippen LogP contribution in [-0.4, -0.2) is 19.6 Å². The van der Waals surface area contributed by atoms with Crippen LogP contribution in [0, 0.1) is 0 Å². The van der Waals surface area contributed by atoms with Crippen LogP contribution in [-0.2, 0) is 5.54 Å². The number of nitrogens with two attached hydrogens (primary N) is 1. The fraction of sp³-hybridized carbons (Fsp3) is 0.417. The lowest BCUT2D eigenvalue weighted by atomic mass is 9.93. The minimum absolute atomic E-state index is 0.487. The standard InChI is InChI=1S/C12H17NO2S/c1-12(2,13)9-6-10(14-3)8(7-16)5-11(9)15-4/h5-7H,13H2,1-4H3. The van der Waals surface area contributed by atoms with Gasteiger partial charge in [0.15, 0.2) is 0 Å². The zero-order chi connectivity index (χ0) is 12.3. The molecule has 1 aromatic carbocycles. The maximum absolute atomic E-state index is 6.08. The highest BCUT2D eigenvalue weighted by molar-refractivity contribution is 7.79. The first-order chi connectivity index (χ1) is 7.43. The van der Waals surface area contributed by atoms with E-state index >= 15 is 0 Å². The summed E-state index contributed by atoms with van der Waals surface area (Å²) < 4.78 is 10.6. The highest BCUT2D eigenvalue weighted by atomic mass is 32.1. The number of hydrogen-bond acceptors (Lipinski definition) is 4. The second kappa shape index (κ2) is 4.80. The Labute approximate surface area is 102 Å². The Morgan fingerprint density at radius 3 is 2.12 bits per heavy atom. The van der Waals surface area contributed by atoms with Gasteiger partial charge in [-0.25, -0.2) is 0 Å². The Morgan fingerprint density at radius 2 is 1.75 bits per heavy atom. The third-order valence-corrected chi connectivity index (χ3v) is 2.63. The van der Waals surface area contributed by atoms with Crippen LogP contribution >= 0.6 is 12.2 Å². The first kappa shape index (κ1) is 12.9. The Kier molecular flexibility index (Phi) is 3.88. The lowest BCUT2D eigenvalue weighted by Crippen LogP contribution is -2.29. The maximum atomic E-state index is 6.08. The van der Waals surface area contributed by atoms with Crippen LogP contribution in [0.3, 0.4) is 0 Å². The molecule has 0 fully saturated rings. The molecule has 3 nitrogen and oxygen atoms in total. The molecule has 0 aliphatic rings. The van der Waals surface area contributed by atoms with Gasteiger partial charge in [0.2, 0.25) is 0 Å². The summed E-state index contributed by atoms with van der Waals surface area (Å²) in [4.78, 5) is 0. The Hall–Kier alpha value is -1.13. The molecule has 1 aromatic rings. The number of hydrogen-bond donors (Lipinski definition) is 1. The number of methoxy groups -OCH3 is 2. The smallest absolute Gasteiger partial charge is 0.127 e. The molecule has 0 saturated heterocycles. The number of rotatable bonds is 4. The van der Waals surface area contributed by atoms with E-state index < -0.39 is 5.54 Å². The van der Waals surface area contributed by atoms with E-state index in [2.05, 4.69) is 0 Å². The zero-order valence-corrected chi connectivity index (χ0v) is 10.9. The van der Waals surface area contributed by atoms with E-state index in [0.717, 1.165) is 16.9 Å². The average molecular weight is 239 g/mol. The molecule has 0 atom stereocenters. The van der Waals surface area contributed by atoms with Crippen LogP contribution in [0.15, 0.2) is 12.1 Å². The molecule has 0 aliphatic heterocycles. The highest BCUT2D eigenvalue weighted by Crippen LogP contribution is 2.33. The van der Waals surface area contributed by atoms with Gasteiger partial charge in [-0.3, -0.25) is 0 Å². The predicted octanol–water partition coefficient (Wildman–Crippen LogP) is 2.25. The van der Waals surface area contributed by atoms with Crippen LogP contribution in [0.1, 0.15) is 25.0 Å². The van der Waals surface area contributed by atoms with Crippen molar-refractivity contribution in [2.75, 3.05) is 14.2 Å². The molecule has 0 aromatic heterocycles. The molecule has 0 bridgehead atoms. The molecule has 0 heterocycles. The van der Waals surface area contributed by atoms with Crippen LogP contribution < -0.4 is 15.2 Å². The molecular weight excluding hydrogens is 222 g/mol. The van der Waals surface area contributed by atoms with Crippen LogP contribution in [0.4, 0.5) is 0 Å². The Balaban J connectivity index is 3.43. The molecule has 16 heavy (non-hydrogen) atoms. The SMILES string of the molecule is COc1cc(C(C)(C)N)c(OC)cc1C=S. The lowest BCUT2D eigenvalue weighted by Gasteiger charge is -2.23. The van der Waals surface area contributed by atoms with E-state index in [0.29, 0.717) is 5.75 Å². The fourth-order valence-corrected chi connectivity index (χ4v) is 1.70.